The highest BCUT2D eigenvalue weighted by atomic mass is 32.2. The van der Waals surface area contributed by atoms with E-state index in [1.165, 1.54) is 32.4 Å². The van der Waals surface area contributed by atoms with Crippen LogP contribution in [0, 0.1) is 0 Å². The maximum atomic E-state index is 9.08. The van der Waals surface area contributed by atoms with Gasteiger partial charge in [0.2, 0.25) is 0 Å². The van der Waals surface area contributed by atoms with Crippen molar-refractivity contribution in [1.82, 2.24) is 0 Å². The van der Waals surface area contributed by atoms with E-state index in [-0.39, 0.29) is 5.60 Å². The van der Waals surface area contributed by atoms with Crippen LogP contribution in [0.5, 0.6) is 0 Å². The minimum absolute atomic E-state index is 0.0120. The Morgan fingerprint density at radius 1 is 1.25 bits per heavy atom. The van der Waals surface area contributed by atoms with Gasteiger partial charge in [-0.3, -0.25) is 0 Å². The minimum Gasteiger partial charge on any atom is -0.748 e. The van der Waals surface area contributed by atoms with Crippen LogP contribution in [0.25, 0.3) is 0 Å². The predicted octanol–water partition coefficient (Wildman–Crippen LogP) is 1.03. The second-order valence-corrected chi connectivity index (χ2v) is 8.39. The molecule has 0 aromatic rings. The lowest BCUT2D eigenvalue weighted by molar-refractivity contribution is -1.09. The lowest BCUT2D eigenvalue weighted by Crippen LogP contribution is -2.49. The summed E-state index contributed by atoms with van der Waals surface area (Å²) >= 11 is 0. The standard InChI is InChI=1S/C12H22NO2.CH4O3S/c1-12(2,3)14-11-5-7-13-6-4-9(15-13)8-10(11)13;1-5(2,3)4/h9-11H,4-8H2,1-3H3;1H3,(H,2,3,4)/q+1;/p-1/t9-,10+,11-,13-;/m0./s1. The highest BCUT2D eigenvalue weighted by Gasteiger charge is 2.62. The monoisotopic (exact) mass is 307 g/mol. The minimum atomic E-state index is -3.92. The van der Waals surface area contributed by atoms with Gasteiger partial charge >= 0.3 is 0 Å². The van der Waals surface area contributed by atoms with E-state index < -0.39 is 10.1 Å². The Bertz CT molecular complexity index is 450. The maximum absolute atomic E-state index is 9.08. The molecule has 0 amide bonds. The fourth-order valence-electron chi connectivity index (χ4n) is 3.55. The Labute approximate surface area is 121 Å². The third-order valence-electron chi connectivity index (χ3n) is 4.02. The molecular weight excluding hydrogens is 282 g/mol. The molecule has 3 saturated heterocycles. The number of fused-ring (bicyclic) bond motifs is 1. The van der Waals surface area contributed by atoms with Crippen molar-refractivity contribution in [1.29, 1.82) is 0 Å². The fourth-order valence-corrected chi connectivity index (χ4v) is 3.55. The van der Waals surface area contributed by atoms with Crippen LogP contribution in [-0.4, -0.2) is 60.8 Å². The first kappa shape index (κ1) is 16.2. The van der Waals surface area contributed by atoms with E-state index in [1.54, 1.807) is 0 Å². The van der Waals surface area contributed by atoms with E-state index in [9.17, 15) is 0 Å². The van der Waals surface area contributed by atoms with Gasteiger partial charge in [0, 0.05) is 25.5 Å². The molecule has 0 saturated carbocycles. The van der Waals surface area contributed by atoms with Gasteiger partial charge < -0.3 is 9.29 Å². The third kappa shape index (κ3) is 3.92. The van der Waals surface area contributed by atoms with Crippen molar-refractivity contribution in [3.8, 4) is 0 Å². The van der Waals surface area contributed by atoms with Crippen LogP contribution >= 0.6 is 0 Å². The lowest BCUT2D eigenvalue weighted by atomic mass is 9.99. The van der Waals surface area contributed by atoms with Crippen LogP contribution in [0.1, 0.15) is 40.0 Å². The van der Waals surface area contributed by atoms with E-state index in [4.69, 9.17) is 22.5 Å². The van der Waals surface area contributed by atoms with Gasteiger partial charge in [0.05, 0.1) is 15.7 Å². The highest BCUT2D eigenvalue weighted by Crippen LogP contribution is 2.46. The molecule has 2 bridgehead atoms. The average molecular weight is 307 g/mol. The van der Waals surface area contributed by atoms with E-state index >= 15 is 0 Å². The molecule has 6 nitrogen and oxygen atoms in total. The quantitative estimate of drug-likeness (QED) is 0.534. The summed E-state index contributed by atoms with van der Waals surface area (Å²) < 4.78 is 34.3. The van der Waals surface area contributed by atoms with Crippen molar-refractivity contribution >= 4 is 10.1 Å². The summed E-state index contributed by atoms with van der Waals surface area (Å²) in [5.74, 6) is 0. The predicted molar refractivity (Wildman–Crippen MR) is 72.8 cm³/mol. The van der Waals surface area contributed by atoms with Gasteiger partial charge in [0.1, 0.15) is 31.3 Å². The number of nitrogens with zero attached hydrogens (tertiary/aromatic N) is 1. The van der Waals surface area contributed by atoms with Crippen LogP contribution in [0.15, 0.2) is 0 Å². The van der Waals surface area contributed by atoms with Gasteiger partial charge in [0.15, 0.2) is 0 Å². The molecule has 0 radical (unpaired) electrons. The normalized spacial score (nSPS) is 39.4. The first-order chi connectivity index (χ1) is 8.99. The van der Waals surface area contributed by atoms with Crippen LogP contribution in [-0.2, 0) is 19.7 Å². The van der Waals surface area contributed by atoms with Gasteiger partial charge in [-0.05, 0) is 20.8 Å². The SMILES string of the molecule is CC(C)(C)O[C@H]1CC[N@@+]23CC[C@@H](C[C@H]12)O3.CS(=O)(=O)[O-]. The number of ether oxygens (including phenoxy) is 1. The lowest BCUT2D eigenvalue weighted by Gasteiger charge is -2.32. The Morgan fingerprint density at radius 3 is 2.30 bits per heavy atom. The largest absolute Gasteiger partial charge is 0.748 e. The summed E-state index contributed by atoms with van der Waals surface area (Å²) in [5.41, 5.74) is -0.0120. The zero-order chi connectivity index (χ0) is 15.2. The third-order valence-corrected chi connectivity index (χ3v) is 4.02. The first-order valence-electron chi connectivity index (χ1n) is 7.12. The molecule has 3 heterocycles. The smallest absolute Gasteiger partial charge is 0.148 e. The maximum Gasteiger partial charge on any atom is 0.148 e. The van der Waals surface area contributed by atoms with Crippen molar-refractivity contribution in [2.45, 2.75) is 63.9 Å². The van der Waals surface area contributed by atoms with Crippen molar-refractivity contribution in [2.75, 3.05) is 19.3 Å². The van der Waals surface area contributed by atoms with E-state index in [0.717, 1.165) is 4.65 Å². The molecule has 3 aliphatic heterocycles. The van der Waals surface area contributed by atoms with Crippen molar-refractivity contribution in [2.24, 2.45) is 0 Å². The molecule has 0 unspecified atom stereocenters. The number of hydrogen-bond donors (Lipinski definition) is 0. The molecule has 3 fully saturated rings. The number of quaternary nitrogens is 1. The van der Waals surface area contributed by atoms with Gasteiger partial charge in [0.25, 0.3) is 0 Å². The van der Waals surface area contributed by atoms with Crippen molar-refractivity contribution in [3.63, 3.8) is 0 Å². The number of hydrogen-bond acceptors (Lipinski definition) is 5. The summed E-state index contributed by atoms with van der Waals surface area (Å²) in [6.45, 7) is 8.85. The van der Waals surface area contributed by atoms with Gasteiger partial charge in [-0.1, -0.05) is 0 Å². The second-order valence-electron chi connectivity index (χ2n) is 6.98. The fraction of sp³-hybridized carbons (Fsp3) is 1.00. The van der Waals surface area contributed by atoms with E-state index in [2.05, 4.69) is 20.8 Å². The molecule has 7 heteroatoms. The number of rotatable bonds is 1. The topological polar surface area (TPSA) is 75.7 Å². The Balaban J connectivity index is 0.000000257. The van der Waals surface area contributed by atoms with Crippen LogP contribution < -0.4 is 0 Å². The van der Waals surface area contributed by atoms with Gasteiger partial charge in [-0.15, -0.1) is 0 Å². The van der Waals surface area contributed by atoms with Gasteiger partial charge in [-0.25, -0.2) is 8.42 Å². The summed E-state index contributed by atoms with van der Waals surface area (Å²) in [6, 6.07) is 0.628. The zero-order valence-corrected chi connectivity index (χ0v) is 13.5. The summed E-state index contributed by atoms with van der Waals surface area (Å²) in [4.78, 5) is 6.09. The Hall–Kier alpha value is -0.210. The molecule has 0 N–H and O–H groups in total. The van der Waals surface area contributed by atoms with E-state index in [0.29, 0.717) is 24.5 Å². The van der Waals surface area contributed by atoms with Crippen molar-refractivity contribution < 1.29 is 27.2 Å². The number of piperidine rings is 1. The van der Waals surface area contributed by atoms with Gasteiger partial charge in [-0.2, -0.15) is 9.48 Å². The summed E-state index contributed by atoms with van der Waals surface area (Å²) in [7, 11) is -3.92. The highest BCUT2D eigenvalue weighted by molar-refractivity contribution is 7.84. The van der Waals surface area contributed by atoms with Crippen LogP contribution in [0.4, 0.5) is 0 Å². The Morgan fingerprint density at radius 2 is 1.80 bits per heavy atom. The molecule has 3 aliphatic rings. The molecule has 0 aromatic heterocycles. The molecule has 1 spiro atoms. The molecule has 0 aromatic carbocycles. The molecular formula is C13H25NO5S. The molecule has 20 heavy (non-hydrogen) atoms. The van der Waals surface area contributed by atoms with Crippen LogP contribution in [0.3, 0.4) is 0 Å². The molecule has 4 atom stereocenters. The zero-order valence-electron chi connectivity index (χ0n) is 12.7. The first-order valence-corrected chi connectivity index (χ1v) is 8.94. The summed E-state index contributed by atoms with van der Waals surface area (Å²) in [5, 5.41) is 0. The Kier molecular flexibility index (Phi) is 4.21. The molecule has 3 rings (SSSR count). The van der Waals surface area contributed by atoms with E-state index in [1.807, 2.05) is 0 Å². The summed E-state index contributed by atoms with van der Waals surface area (Å²) in [6.07, 6.45) is 5.22. The second kappa shape index (κ2) is 5.21. The van der Waals surface area contributed by atoms with Crippen molar-refractivity contribution in [3.05, 3.63) is 0 Å². The average Bonchev–Trinajstić information content (AvgIpc) is 2.84. The molecule has 118 valence electrons. The molecule has 0 aliphatic carbocycles. The van der Waals surface area contributed by atoms with Crippen LogP contribution in [0.2, 0.25) is 0 Å². The number of hydroxylamine groups is 3.